The molecule has 28 heavy (non-hydrogen) atoms. The Kier molecular flexibility index (Phi) is 7.29. The highest BCUT2D eigenvalue weighted by Gasteiger charge is 2.21. The molecule has 2 rings (SSSR count). The van der Waals surface area contributed by atoms with Crippen LogP contribution in [0.1, 0.15) is 36.7 Å². The molecule has 6 nitrogen and oxygen atoms in total. The number of nitrogens with one attached hydrogen (secondary N) is 1. The minimum Gasteiger partial charge on any atom is -0.495 e. The van der Waals surface area contributed by atoms with Crippen LogP contribution >= 0.6 is 11.6 Å². The van der Waals surface area contributed by atoms with Gasteiger partial charge in [-0.2, -0.15) is 0 Å². The van der Waals surface area contributed by atoms with Crippen molar-refractivity contribution in [3.05, 3.63) is 52.5 Å². The van der Waals surface area contributed by atoms with Crippen molar-refractivity contribution in [1.29, 1.82) is 0 Å². The highest BCUT2D eigenvalue weighted by molar-refractivity contribution is 6.31. The topological polar surface area (TPSA) is 73.9 Å². The van der Waals surface area contributed by atoms with Crippen LogP contribution in [0.5, 0.6) is 11.5 Å². The van der Waals surface area contributed by atoms with Crippen LogP contribution in [-0.2, 0) is 9.53 Å². The van der Waals surface area contributed by atoms with Gasteiger partial charge in [0.2, 0.25) is 0 Å². The zero-order valence-electron chi connectivity index (χ0n) is 16.5. The Bertz CT molecular complexity index is 849. The summed E-state index contributed by atoms with van der Waals surface area (Å²) in [6, 6.07) is 9.86. The van der Waals surface area contributed by atoms with Gasteiger partial charge in [-0.15, -0.1) is 0 Å². The minimum absolute atomic E-state index is 0.0371. The molecular weight excluding hydrogens is 382 g/mol. The third-order valence-corrected chi connectivity index (χ3v) is 4.26. The van der Waals surface area contributed by atoms with Gasteiger partial charge < -0.3 is 19.5 Å². The summed E-state index contributed by atoms with van der Waals surface area (Å²) >= 11 is 6.07. The van der Waals surface area contributed by atoms with E-state index in [9.17, 15) is 9.59 Å². The monoisotopic (exact) mass is 405 g/mol. The number of methoxy groups -OCH3 is 1. The highest BCUT2D eigenvalue weighted by atomic mass is 35.5. The largest absolute Gasteiger partial charge is 0.495 e. The van der Waals surface area contributed by atoms with Crippen LogP contribution in [0, 0.1) is 6.92 Å². The number of aryl methyl sites for hydroxylation is 1. The van der Waals surface area contributed by atoms with Crippen molar-refractivity contribution in [3.63, 3.8) is 0 Å². The van der Waals surface area contributed by atoms with Crippen LogP contribution in [0.4, 0.5) is 5.69 Å². The lowest BCUT2D eigenvalue weighted by molar-refractivity contribution is -0.123. The van der Waals surface area contributed by atoms with E-state index in [0.29, 0.717) is 27.8 Å². The normalized spacial score (nSPS) is 11.7. The predicted molar refractivity (Wildman–Crippen MR) is 108 cm³/mol. The predicted octanol–water partition coefficient (Wildman–Crippen LogP) is 4.63. The van der Waals surface area contributed by atoms with E-state index in [1.807, 2.05) is 20.8 Å². The fourth-order valence-electron chi connectivity index (χ4n) is 2.39. The Balaban J connectivity index is 2.02. The average Bonchev–Trinajstić information content (AvgIpc) is 2.64. The van der Waals surface area contributed by atoms with Crippen molar-refractivity contribution in [2.75, 3.05) is 12.4 Å². The molecular formula is C21H24ClNO5. The smallest absolute Gasteiger partial charge is 0.338 e. The number of esters is 1. The SMILES string of the molecule is COc1cc(Cl)c(C)cc1NC(=O)[C@H](C)OC(=O)c1ccc(OC(C)C)cc1. The molecule has 1 N–H and O–H groups in total. The van der Waals surface area contributed by atoms with Crippen LogP contribution in [0.3, 0.4) is 0 Å². The first-order valence-electron chi connectivity index (χ1n) is 8.84. The molecule has 0 unspecified atom stereocenters. The van der Waals surface area contributed by atoms with Crippen molar-refractivity contribution >= 4 is 29.2 Å². The van der Waals surface area contributed by atoms with Gasteiger partial charge in [0, 0.05) is 11.1 Å². The van der Waals surface area contributed by atoms with E-state index in [1.54, 1.807) is 36.4 Å². The number of anilines is 1. The lowest BCUT2D eigenvalue weighted by Gasteiger charge is -2.16. The minimum atomic E-state index is -1.00. The quantitative estimate of drug-likeness (QED) is 0.680. The summed E-state index contributed by atoms with van der Waals surface area (Å²) in [5, 5.41) is 3.22. The second-order valence-corrected chi connectivity index (χ2v) is 6.94. The van der Waals surface area contributed by atoms with Crippen LogP contribution in [0.2, 0.25) is 5.02 Å². The Labute approximate surface area is 169 Å². The first-order chi connectivity index (χ1) is 13.2. The van der Waals surface area contributed by atoms with Crippen molar-refractivity contribution in [1.82, 2.24) is 0 Å². The zero-order valence-corrected chi connectivity index (χ0v) is 17.3. The maximum atomic E-state index is 12.4. The van der Waals surface area contributed by atoms with E-state index < -0.39 is 18.0 Å². The number of amides is 1. The van der Waals surface area contributed by atoms with Gasteiger partial charge in [0.1, 0.15) is 11.5 Å². The fourth-order valence-corrected chi connectivity index (χ4v) is 2.54. The second kappa shape index (κ2) is 9.46. The van der Waals surface area contributed by atoms with Crippen molar-refractivity contribution < 1.29 is 23.8 Å². The molecule has 2 aromatic rings. The highest BCUT2D eigenvalue weighted by Crippen LogP contribution is 2.31. The summed E-state index contributed by atoms with van der Waals surface area (Å²) in [6.07, 6.45) is -0.963. The van der Waals surface area contributed by atoms with Gasteiger partial charge in [0.05, 0.1) is 24.5 Å². The Hall–Kier alpha value is -2.73. The molecule has 0 heterocycles. The van der Waals surface area contributed by atoms with Crippen LogP contribution in [-0.4, -0.2) is 31.2 Å². The van der Waals surface area contributed by atoms with E-state index in [-0.39, 0.29) is 6.10 Å². The molecule has 0 fully saturated rings. The number of rotatable bonds is 7. The molecule has 0 saturated carbocycles. The Morgan fingerprint density at radius 1 is 1.07 bits per heavy atom. The number of carbonyl (C=O) groups is 2. The van der Waals surface area contributed by atoms with Gasteiger partial charge in [-0.1, -0.05) is 11.6 Å². The van der Waals surface area contributed by atoms with E-state index in [0.717, 1.165) is 5.56 Å². The molecule has 1 amide bonds. The molecule has 0 radical (unpaired) electrons. The molecule has 1 atom stereocenters. The summed E-state index contributed by atoms with van der Waals surface area (Å²) in [6.45, 7) is 7.14. The molecule has 0 aliphatic rings. The molecule has 150 valence electrons. The molecule has 0 aliphatic heterocycles. The van der Waals surface area contributed by atoms with Crippen LogP contribution < -0.4 is 14.8 Å². The Morgan fingerprint density at radius 3 is 2.29 bits per heavy atom. The first-order valence-corrected chi connectivity index (χ1v) is 9.21. The number of halogens is 1. The van der Waals surface area contributed by atoms with Gasteiger partial charge in [0.15, 0.2) is 6.10 Å². The summed E-state index contributed by atoms with van der Waals surface area (Å²) in [5.74, 6) is -0.00288. The van der Waals surface area contributed by atoms with Gasteiger partial charge in [-0.3, -0.25) is 4.79 Å². The number of carbonyl (C=O) groups excluding carboxylic acids is 2. The maximum Gasteiger partial charge on any atom is 0.338 e. The van der Waals surface area contributed by atoms with E-state index in [2.05, 4.69) is 5.32 Å². The van der Waals surface area contributed by atoms with Gasteiger partial charge in [-0.05, 0) is 63.6 Å². The first kappa shape index (κ1) is 21.6. The standard InChI is InChI=1S/C21H24ClNO5/c1-12(2)27-16-8-6-15(7-9-16)21(25)28-14(4)20(24)23-18-10-13(3)17(22)11-19(18)26-5/h6-12,14H,1-5H3,(H,23,24)/t14-/m0/s1. The molecule has 2 aromatic carbocycles. The van der Waals surface area contributed by atoms with Crippen LogP contribution in [0.25, 0.3) is 0 Å². The molecule has 7 heteroatoms. The van der Waals surface area contributed by atoms with E-state index in [4.69, 9.17) is 25.8 Å². The van der Waals surface area contributed by atoms with Crippen molar-refractivity contribution in [3.8, 4) is 11.5 Å². The van der Waals surface area contributed by atoms with Crippen molar-refractivity contribution in [2.24, 2.45) is 0 Å². The fraction of sp³-hybridized carbons (Fsp3) is 0.333. The van der Waals surface area contributed by atoms with E-state index >= 15 is 0 Å². The number of hydrogen-bond acceptors (Lipinski definition) is 5. The third kappa shape index (κ3) is 5.63. The number of hydrogen-bond donors (Lipinski definition) is 1. The molecule has 0 saturated heterocycles. The second-order valence-electron chi connectivity index (χ2n) is 6.53. The summed E-state index contributed by atoms with van der Waals surface area (Å²) in [5.41, 5.74) is 1.56. The Morgan fingerprint density at radius 2 is 1.71 bits per heavy atom. The lowest BCUT2D eigenvalue weighted by atomic mass is 10.2. The molecule has 0 aliphatic carbocycles. The number of ether oxygens (including phenoxy) is 3. The third-order valence-electron chi connectivity index (χ3n) is 3.85. The molecule has 0 aromatic heterocycles. The summed E-state index contributed by atoms with van der Waals surface area (Å²) < 4.78 is 16.0. The van der Waals surface area contributed by atoms with Crippen LogP contribution in [0.15, 0.2) is 36.4 Å². The van der Waals surface area contributed by atoms with E-state index in [1.165, 1.54) is 14.0 Å². The maximum absolute atomic E-state index is 12.4. The van der Waals surface area contributed by atoms with Gasteiger partial charge in [-0.25, -0.2) is 4.79 Å². The average molecular weight is 406 g/mol. The van der Waals surface area contributed by atoms with Gasteiger partial charge in [0.25, 0.3) is 5.91 Å². The summed E-state index contributed by atoms with van der Waals surface area (Å²) in [7, 11) is 1.48. The zero-order chi connectivity index (χ0) is 20.8. The number of benzene rings is 2. The molecule has 0 bridgehead atoms. The van der Waals surface area contributed by atoms with Crippen molar-refractivity contribution in [2.45, 2.75) is 39.9 Å². The lowest BCUT2D eigenvalue weighted by Crippen LogP contribution is -2.30. The summed E-state index contributed by atoms with van der Waals surface area (Å²) in [4.78, 5) is 24.7. The van der Waals surface area contributed by atoms with Gasteiger partial charge >= 0.3 is 5.97 Å². The molecule has 0 spiro atoms.